The van der Waals surface area contributed by atoms with E-state index in [-0.39, 0.29) is 11.4 Å². The molecular formula is C9H7ClF2O. The van der Waals surface area contributed by atoms with Crippen molar-refractivity contribution in [1.29, 1.82) is 0 Å². The monoisotopic (exact) mass is 204 g/mol. The van der Waals surface area contributed by atoms with Crippen molar-refractivity contribution in [1.82, 2.24) is 0 Å². The molecule has 0 bridgehead atoms. The Bertz CT molecular complexity index is 314. The number of benzene rings is 1. The molecule has 1 rings (SSSR count). The minimum absolute atomic E-state index is 0.00788. The average molecular weight is 205 g/mol. The summed E-state index contributed by atoms with van der Waals surface area (Å²) in [5.41, 5.74) is 0.131. The molecule has 0 N–H and O–H groups in total. The lowest BCUT2D eigenvalue weighted by Crippen LogP contribution is -2.04. The second-order valence-electron chi connectivity index (χ2n) is 2.56. The summed E-state index contributed by atoms with van der Waals surface area (Å²) in [5.74, 6) is -2.12. The zero-order valence-electron chi connectivity index (χ0n) is 6.64. The van der Waals surface area contributed by atoms with Gasteiger partial charge < -0.3 is 4.79 Å². The molecule has 1 atom stereocenters. The van der Waals surface area contributed by atoms with Crippen molar-refractivity contribution in [2.45, 2.75) is 5.92 Å². The van der Waals surface area contributed by atoms with Gasteiger partial charge in [0.25, 0.3) is 0 Å². The summed E-state index contributed by atoms with van der Waals surface area (Å²) in [5, 5.41) is 0. The van der Waals surface area contributed by atoms with Gasteiger partial charge in [0.1, 0.15) is 17.9 Å². The molecule has 1 nitrogen and oxygen atoms in total. The van der Waals surface area contributed by atoms with Crippen LogP contribution in [0.4, 0.5) is 8.78 Å². The molecule has 1 unspecified atom stereocenters. The van der Waals surface area contributed by atoms with Gasteiger partial charge in [-0.2, -0.15) is 0 Å². The fourth-order valence-corrected chi connectivity index (χ4v) is 1.23. The molecule has 1 aromatic carbocycles. The predicted octanol–water partition coefficient (Wildman–Crippen LogP) is 2.49. The molecule has 13 heavy (non-hydrogen) atoms. The first-order valence-electron chi connectivity index (χ1n) is 3.65. The summed E-state index contributed by atoms with van der Waals surface area (Å²) < 4.78 is 25.5. The lowest BCUT2D eigenvalue weighted by Gasteiger charge is -2.07. The minimum Gasteiger partial charge on any atom is -0.303 e. The second kappa shape index (κ2) is 4.33. The third-order valence-electron chi connectivity index (χ3n) is 1.69. The van der Waals surface area contributed by atoms with Crippen LogP contribution < -0.4 is 0 Å². The SMILES string of the molecule is O=CC(CCl)c1ccc(F)cc1F. The van der Waals surface area contributed by atoms with Gasteiger partial charge in [0, 0.05) is 11.9 Å². The highest BCUT2D eigenvalue weighted by atomic mass is 35.5. The van der Waals surface area contributed by atoms with Crippen molar-refractivity contribution in [3.05, 3.63) is 35.4 Å². The Balaban J connectivity index is 3.06. The Labute approximate surface area is 79.3 Å². The van der Waals surface area contributed by atoms with E-state index in [4.69, 9.17) is 11.6 Å². The van der Waals surface area contributed by atoms with Crippen molar-refractivity contribution in [3.63, 3.8) is 0 Å². The van der Waals surface area contributed by atoms with Gasteiger partial charge in [0.15, 0.2) is 0 Å². The van der Waals surface area contributed by atoms with Crippen molar-refractivity contribution < 1.29 is 13.6 Å². The fraction of sp³-hybridized carbons (Fsp3) is 0.222. The van der Waals surface area contributed by atoms with Gasteiger partial charge >= 0.3 is 0 Å². The number of hydrogen-bond acceptors (Lipinski definition) is 1. The van der Waals surface area contributed by atoms with Crippen LogP contribution in [0, 0.1) is 11.6 Å². The van der Waals surface area contributed by atoms with Crippen LogP contribution in [0.15, 0.2) is 18.2 Å². The van der Waals surface area contributed by atoms with Gasteiger partial charge in [0.05, 0.1) is 5.92 Å². The molecule has 0 fully saturated rings. The van der Waals surface area contributed by atoms with Crippen molar-refractivity contribution in [2.24, 2.45) is 0 Å². The van der Waals surface area contributed by atoms with E-state index in [1.807, 2.05) is 0 Å². The van der Waals surface area contributed by atoms with E-state index >= 15 is 0 Å². The largest absolute Gasteiger partial charge is 0.303 e. The molecule has 0 aromatic heterocycles. The number of halogens is 3. The number of carbonyl (C=O) groups excluding carboxylic acids is 1. The number of hydrogen-bond donors (Lipinski definition) is 0. The van der Waals surface area contributed by atoms with E-state index in [1.54, 1.807) is 0 Å². The van der Waals surface area contributed by atoms with Gasteiger partial charge in [-0.05, 0) is 11.6 Å². The first-order valence-corrected chi connectivity index (χ1v) is 4.18. The summed E-state index contributed by atoms with van der Waals surface area (Å²) in [4.78, 5) is 10.4. The fourth-order valence-electron chi connectivity index (χ4n) is 0.995. The molecule has 0 amide bonds. The molecule has 0 saturated heterocycles. The van der Waals surface area contributed by atoms with E-state index in [0.29, 0.717) is 6.29 Å². The summed E-state index contributed by atoms with van der Waals surface area (Å²) in [6.45, 7) is 0. The maximum Gasteiger partial charge on any atom is 0.130 e. The van der Waals surface area contributed by atoms with E-state index in [2.05, 4.69) is 0 Å². The molecule has 0 saturated carbocycles. The minimum atomic E-state index is -0.738. The number of alkyl halides is 1. The highest BCUT2D eigenvalue weighted by Crippen LogP contribution is 2.19. The van der Waals surface area contributed by atoms with Crippen LogP contribution in [0.2, 0.25) is 0 Å². The summed E-state index contributed by atoms with van der Waals surface area (Å²) in [7, 11) is 0. The van der Waals surface area contributed by atoms with E-state index in [1.165, 1.54) is 6.07 Å². The van der Waals surface area contributed by atoms with E-state index < -0.39 is 17.6 Å². The number of rotatable bonds is 3. The number of carbonyl (C=O) groups is 1. The number of aldehydes is 1. The molecule has 0 radical (unpaired) electrons. The van der Waals surface area contributed by atoms with Crippen LogP contribution in [0.3, 0.4) is 0 Å². The Kier molecular flexibility index (Phi) is 3.37. The molecule has 0 aliphatic heterocycles. The molecule has 70 valence electrons. The molecule has 1 aromatic rings. The van der Waals surface area contributed by atoms with Gasteiger partial charge in [-0.15, -0.1) is 11.6 Å². The second-order valence-corrected chi connectivity index (χ2v) is 2.87. The van der Waals surface area contributed by atoms with Crippen molar-refractivity contribution in [2.75, 3.05) is 5.88 Å². The van der Waals surface area contributed by atoms with Crippen LogP contribution in [0.1, 0.15) is 11.5 Å². The highest BCUT2D eigenvalue weighted by molar-refractivity contribution is 6.19. The molecule has 0 aliphatic rings. The van der Waals surface area contributed by atoms with Crippen LogP contribution in [0.25, 0.3) is 0 Å². The Morgan fingerprint density at radius 3 is 2.62 bits per heavy atom. The van der Waals surface area contributed by atoms with E-state index in [0.717, 1.165) is 12.1 Å². The standard InChI is InChI=1S/C9H7ClF2O/c10-4-6(5-13)8-2-1-7(11)3-9(8)12/h1-3,5-6H,4H2. The highest BCUT2D eigenvalue weighted by Gasteiger charge is 2.14. The maximum absolute atomic E-state index is 13.0. The van der Waals surface area contributed by atoms with Crippen LogP contribution in [0.5, 0.6) is 0 Å². The van der Waals surface area contributed by atoms with Crippen molar-refractivity contribution >= 4 is 17.9 Å². The van der Waals surface area contributed by atoms with Crippen LogP contribution in [-0.2, 0) is 4.79 Å². The zero-order chi connectivity index (χ0) is 9.84. The third kappa shape index (κ3) is 2.25. The van der Waals surface area contributed by atoms with Gasteiger partial charge in [-0.3, -0.25) is 0 Å². The third-order valence-corrected chi connectivity index (χ3v) is 2.02. The first kappa shape index (κ1) is 10.1. The molecule has 0 aliphatic carbocycles. The predicted molar refractivity (Wildman–Crippen MR) is 45.9 cm³/mol. The topological polar surface area (TPSA) is 17.1 Å². The van der Waals surface area contributed by atoms with Crippen LogP contribution in [-0.4, -0.2) is 12.2 Å². The summed E-state index contributed by atoms with van der Waals surface area (Å²) in [6, 6.07) is 3.06. The lowest BCUT2D eigenvalue weighted by atomic mass is 10.0. The maximum atomic E-state index is 13.0. The summed E-state index contributed by atoms with van der Waals surface area (Å²) >= 11 is 5.42. The average Bonchev–Trinajstić information content (AvgIpc) is 2.10. The first-order chi connectivity index (χ1) is 6.19. The van der Waals surface area contributed by atoms with Crippen molar-refractivity contribution in [3.8, 4) is 0 Å². The normalized spacial score (nSPS) is 12.5. The Morgan fingerprint density at radius 1 is 1.46 bits per heavy atom. The van der Waals surface area contributed by atoms with Gasteiger partial charge in [-0.1, -0.05) is 6.07 Å². The summed E-state index contributed by atoms with van der Waals surface area (Å²) in [6.07, 6.45) is 0.545. The van der Waals surface area contributed by atoms with Crippen LogP contribution >= 0.6 is 11.6 Å². The molecule has 0 spiro atoms. The Morgan fingerprint density at radius 2 is 2.15 bits per heavy atom. The molecule has 4 heteroatoms. The van der Waals surface area contributed by atoms with Gasteiger partial charge in [0.2, 0.25) is 0 Å². The molecule has 0 heterocycles. The smallest absolute Gasteiger partial charge is 0.130 e. The van der Waals surface area contributed by atoms with Gasteiger partial charge in [-0.25, -0.2) is 8.78 Å². The lowest BCUT2D eigenvalue weighted by molar-refractivity contribution is -0.108. The van der Waals surface area contributed by atoms with E-state index in [9.17, 15) is 13.6 Å². The Hall–Kier alpha value is -0.960. The quantitative estimate of drug-likeness (QED) is 0.546. The molecular weight excluding hydrogens is 198 g/mol. The zero-order valence-corrected chi connectivity index (χ0v) is 7.39.